The monoisotopic (exact) mass is 410 g/mol. The second kappa shape index (κ2) is 7.69. The van der Waals surface area contributed by atoms with E-state index in [0.717, 1.165) is 40.6 Å². The molecule has 0 radical (unpaired) electrons. The first-order valence-electron chi connectivity index (χ1n) is 10.8. The molecule has 0 bridgehead atoms. The molecule has 0 amide bonds. The highest BCUT2D eigenvalue weighted by Gasteiger charge is 2.44. The number of ketones is 1. The van der Waals surface area contributed by atoms with Crippen LogP contribution in [-0.4, -0.2) is 11.5 Å². The molecule has 0 spiro atoms. The minimum absolute atomic E-state index is 0.0749. The summed E-state index contributed by atoms with van der Waals surface area (Å²) in [7, 11) is 0. The molecule has 0 saturated heterocycles. The molecule has 1 fully saturated rings. The van der Waals surface area contributed by atoms with Gasteiger partial charge in [-0.3, -0.25) is 9.79 Å². The molecule has 1 saturated carbocycles. The Morgan fingerprint density at radius 1 is 0.903 bits per heavy atom. The van der Waals surface area contributed by atoms with Crippen LogP contribution in [0.15, 0.2) is 83.9 Å². The fourth-order valence-corrected chi connectivity index (χ4v) is 4.69. The van der Waals surface area contributed by atoms with E-state index in [0.29, 0.717) is 6.42 Å². The van der Waals surface area contributed by atoms with E-state index in [1.807, 2.05) is 72.8 Å². The Morgan fingerprint density at radius 2 is 1.65 bits per heavy atom. The first kappa shape index (κ1) is 19.6. The van der Waals surface area contributed by atoms with E-state index in [1.54, 1.807) is 0 Å². The lowest BCUT2D eigenvalue weighted by Crippen LogP contribution is -2.42. The van der Waals surface area contributed by atoms with Gasteiger partial charge in [-0.25, -0.2) is 0 Å². The van der Waals surface area contributed by atoms with Gasteiger partial charge in [-0.1, -0.05) is 56.3 Å². The predicted octanol–water partition coefficient (Wildman–Crippen LogP) is 6.72. The van der Waals surface area contributed by atoms with Crippen molar-refractivity contribution in [2.75, 3.05) is 5.32 Å². The van der Waals surface area contributed by atoms with Crippen molar-refractivity contribution >= 4 is 22.9 Å². The van der Waals surface area contributed by atoms with Crippen LogP contribution in [-0.2, 0) is 4.79 Å². The highest BCUT2D eigenvalue weighted by Crippen LogP contribution is 2.45. The molecule has 31 heavy (non-hydrogen) atoms. The van der Waals surface area contributed by atoms with Crippen molar-refractivity contribution in [1.82, 2.24) is 0 Å². The molecule has 2 atom stereocenters. The summed E-state index contributed by atoms with van der Waals surface area (Å²) in [6.45, 7) is 4.30. The third-order valence-electron chi connectivity index (χ3n) is 6.03. The Morgan fingerprint density at radius 3 is 2.48 bits per heavy atom. The molecule has 5 rings (SSSR count). The highest BCUT2D eigenvalue weighted by molar-refractivity contribution is 6.10. The van der Waals surface area contributed by atoms with Crippen molar-refractivity contribution in [3.8, 4) is 11.5 Å². The molecule has 1 aliphatic carbocycles. The minimum Gasteiger partial charge on any atom is -0.457 e. The maximum atomic E-state index is 13.4. The maximum absolute atomic E-state index is 13.4. The van der Waals surface area contributed by atoms with Gasteiger partial charge in [0.25, 0.3) is 0 Å². The third kappa shape index (κ3) is 3.98. The molecular weight excluding hydrogens is 384 g/mol. The number of benzene rings is 3. The van der Waals surface area contributed by atoms with Crippen molar-refractivity contribution in [3.05, 3.63) is 84.4 Å². The van der Waals surface area contributed by atoms with Gasteiger partial charge in [-0.15, -0.1) is 0 Å². The van der Waals surface area contributed by atoms with Crippen LogP contribution >= 0.6 is 0 Å². The van der Waals surface area contributed by atoms with Gasteiger partial charge in [0.15, 0.2) is 0 Å². The molecule has 1 N–H and O–H groups in total. The molecule has 1 unspecified atom stereocenters. The van der Waals surface area contributed by atoms with Gasteiger partial charge in [0.1, 0.15) is 17.3 Å². The van der Waals surface area contributed by atoms with E-state index < -0.39 is 0 Å². The third-order valence-corrected chi connectivity index (χ3v) is 6.03. The van der Waals surface area contributed by atoms with E-state index in [-0.39, 0.29) is 23.2 Å². The smallest absolute Gasteiger partial charge is 0.144 e. The molecule has 3 aromatic carbocycles. The van der Waals surface area contributed by atoms with Gasteiger partial charge in [0.2, 0.25) is 0 Å². The van der Waals surface area contributed by atoms with Crippen LogP contribution in [0.1, 0.15) is 38.3 Å². The van der Waals surface area contributed by atoms with Crippen LogP contribution < -0.4 is 10.1 Å². The first-order chi connectivity index (χ1) is 15.0. The van der Waals surface area contributed by atoms with Crippen molar-refractivity contribution < 1.29 is 9.53 Å². The molecule has 2 aliphatic rings. The van der Waals surface area contributed by atoms with Crippen LogP contribution in [0.4, 0.5) is 11.4 Å². The topological polar surface area (TPSA) is 50.7 Å². The number of para-hydroxylation sites is 3. The van der Waals surface area contributed by atoms with Gasteiger partial charge in [0.05, 0.1) is 23.3 Å². The fourth-order valence-electron chi connectivity index (χ4n) is 4.69. The number of anilines is 1. The van der Waals surface area contributed by atoms with Crippen molar-refractivity contribution in [2.45, 2.75) is 32.7 Å². The standard InChI is InChI=1S/C27H26N2O2/c1-27(2)16-23-25(24(30)17-27)26(29-22-14-7-6-13-21(22)28-23)18-9-8-12-20(15-18)31-19-10-4-3-5-11-19/h3-15,25-26,29H,16-17H2,1-2H3/t25?,26-/m0/s1. The largest absolute Gasteiger partial charge is 0.457 e. The summed E-state index contributed by atoms with van der Waals surface area (Å²) < 4.78 is 6.06. The van der Waals surface area contributed by atoms with Crippen molar-refractivity contribution in [1.29, 1.82) is 0 Å². The fraction of sp³-hybridized carbons (Fsp3) is 0.259. The van der Waals surface area contributed by atoms with E-state index in [9.17, 15) is 4.79 Å². The lowest BCUT2D eigenvalue weighted by atomic mass is 9.68. The Labute approximate surface area is 183 Å². The van der Waals surface area contributed by atoms with Crippen LogP contribution in [0.25, 0.3) is 0 Å². The van der Waals surface area contributed by atoms with Crippen LogP contribution in [0.3, 0.4) is 0 Å². The molecule has 4 heteroatoms. The Bertz CT molecular complexity index is 1150. The lowest BCUT2D eigenvalue weighted by molar-refractivity contribution is -0.124. The average molecular weight is 411 g/mol. The van der Waals surface area contributed by atoms with E-state index in [1.165, 1.54) is 0 Å². The van der Waals surface area contributed by atoms with Crippen LogP contribution in [0, 0.1) is 11.3 Å². The zero-order chi connectivity index (χ0) is 21.4. The summed E-state index contributed by atoms with van der Waals surface area (Å²) in [5.74, 6) is 1.50. The molecule has 0 aromatic heterocycles. The van der Waals surface area contributed by atoms with E-state index in [2.05, 4.69) is 25.2 Å². The zero-order valence-corrected chi connectivity index (χ0v) is 17.8. The summed E-state index contributed by atoms with van der Waals surface area (Å²) in [5.41, 5.74) is 3.77. The molecule has 1 heterocycles. The van der Waals surface area contributed by atoms with Crippen LogP contribution in [0.5, 0.6) is 11.5 Å². The highest BCUT2D eigenvalue weighted by atomic mass is 16.5. The number of hydrogen-bond donors (Lipinski definition) is 1. The molecule has 1 aliphatic heterocycles. The molecule has 3 aromatic rings. The van der Waals surface area contributed by atoms with Gasteiger partial charge in [-0.2, -0.15) is 0 Å². The number of nitrogens with zero attached hydrogens (tertiary/aromatic N) is 1. The summed E-state index contributed by atoms with van der Waals surface area (Å²) in [6, 6.07) is 25.6. The van der Waals surface area contributed by atoms with Gasteiger partial charge in [0, 0.05) is 12.1 Å². The maximum Gasteiger partial charge on any atom is 0.144 e. The van der Waals surface area contributed by atoms with E-state index >= 15 is 0 Å². The number of hydrogen-bond acceptors (Lipinski definition) is 4. The van der Waals surface area contributed by atoms with Gasteiger partial charge < -0.3 is 10.1 Å². The summed E-state index contributed by atoms with van der Waals surface area (Å²) in [4.78, 5) is 18.3. The summed E-state index contributed by atoms with van der Waals surface area (Å²) in [6.07, 6.45) is 1.38. The summed E-state index contributed by atoms with van der Waals surface area (Å²) >= 11 is 0. The average Bonchev–Trinajstić information content (AvgIpc) is 2.90. The number of ether oxygens (including phenoxy) is 1. The number of fused-ring (bicyclic) bond motifs is 2. The minimum atomic E-state index is -0.285. The first-order valence-corrected chi connectivity index (χ1v) is 10.8. The Kier molecular flexibility index (Phi) is 4.85. The zero-order valence-electron chi connectivity index (χ0n) is 17.8. The molecule has 4 nitrogen and oxygen atoms in total. The number of nitrogens with one attached hydrogen (secondary N) is 1. The number of carbonyl (C=O) groups excluding carboxylic acids is 1. The quantitative estimate of drug-likeness (QED) is 0.521. The van der Waals surface area contributed by atoms with Crippen molar-refractivity contribution in [3.63, 3.8) is 0 Å². The summed E-state index contributed by atoms with van der Waals surface area (Å²) in [5, 5.41) is 3.63. The molecule has 156 valence electrons. The van der Waals surface area contributed by atoms with Crippen LogP contribution in [0.2, 0.25) is 0 Å². The van der Waals surface area contributed by atoms with Gasteiger partial charge >= 0.3 is 0 Å². The van der Waals surface area contributed by atoms with E-state index in [4.69, 9.17) is 9.73 Å². The number of carbonyl (C=O) groups is 1. The second-order valence-corrected chi connectivity index (χ2v) is 9.19. The lowest BCUT2D eigenvalue weighted by Gasteiger charge is -2.37. The number of aliphatic imine (C=N–C) groups is 1. The van der Waals surface area contributed by atoms with Crippen molar-refractivity contribution in [2.24, 2.45) is 16.3 Å². The Balaban J connectivity index is 1.56. The second-order valence-electron chi connectivity index (χ2n) is 9.19. The number of rotatable bonds is 3. The molecular formula is C27H26N2O2. The number of Topliss-reactive ketones (excluding diaryl/α,β-unsaturated/α-hetero) is 1. The predicted molar refractivity (Wildman–Crippen MR) is 124 cm³/mol. The van der Waals surface area contributed by atoms with Gasteiger partial charge in [-0.05, 0) is 53.8 Å². The Hall–Kier alpha value is -3.40. The normalized spacial score (nSPS) is 21.7. The SMILES string of the molecule is CC1(C)CC(=O)C2C(=Nc3ccccc3N[C@H]2c2cccc(Oc3ccccc3)c2)C1.